The van der Waals surface area contributed by atoms with Crippen LogP contribution < -0.4 is 4.74 Å². The van der Waals surface area contributed by atoms with Crippen molar-refractivity contribution in [3.8, 4) is 5.75 Å². The van der Waals surface area contributed by atoms with E-state index in [1.165, 1.54) is 39.3 Å². The maximum Gasteiger partial charge on any atom is 0.337 e. The average molecular weight is 328 g/mol. The molecule has 0 spiro atoms. The second-order valence-corrected chi connectivity index (χ2v) is 5.86. The number of hydrogen-bond donors (Lipinski definition) is 2. The van der Waals surface area contributed by atoms with Gasteiger partial charge in [0.05, 0.1) is 25.9 Å². The molecule has 0 aliphatic heterocycles. The molecule has 0 heterocycles. The first kappa shape index (κ1) is 18.5. The van der Waals surface area contributed by atoms with E-state index in [1.807, 2.05) is 0 Å². The SMILES string of the molecule is COC(=O)c1ccc(OC)c(C(O)C(O)CCSC(C)=O)c1. The smallest absolute Gasteiger partial charge is 0.337 e. The van der Waals surface area contributed by atoms with Gasteiger partial charge in [0.1, 0.15) is 11.9 Å². The Balaban J connectivity index is 2.91. The summed E-state index contributed by atoms with van der Waals surface area (Å²) in [5.74, 6) is 0.211. The van der Waals surface area contributed by atoms with E-state index in [-0.39, 0.29) is 17.1 Å². The quantitative estimate of drug-likeness (QED) is 0.733. The van der Waals surface area contributed by atoms with Crippen molar-refractivity contribution in [1.29, 1.82) is 0 Å². The zero-order chi connectivity index (χ0) is 16.7. The molecule has 1 aromatic rings. The van der Waals surface area contributed by atoms with Crippen LogP contribution in [-0.2, 0) is 9.53 Å². The number of rotatable bonds is 7. The van der Waals surface area contributed by atoms with E-state index in [9.17, 15) is 19.8 Å². The van der Waals surface area contributed by atoms with Crippen molar-refractivity contribution in [2.45, 2.75) is 25.6 Å². The Hall–Kier alpha value is -1.57. The van der Waals surface area contributed by atoms with Gasteiger partial charge in [-0.15, -0.1) is 0 Å². The molecule has 0 aliphatic rings. The monoisotopic (exact) mass is 328 g/mol. The minimum Gasteiger partial charge on any atom is -0.496 e. The summed E-state index contributed by atoms with van der Waals surface area (Å²) in [6.45, 7) is 1.44. The first-order valence-corrected chi connectivity index (χ1v) is 7.65. The van der Waals surface area contributed by atoms with E-state index in [0.717, 1.165) is 11.8 Å². The highest BCUT2D eigenvalue weighted by Crippen LogP contribution is 2.30. The molecule has 0 aromatic heterocycles. The normalized spacial score (nSPS) is 13.3. The molecule has 0 bridgehead atoms. The van der Waals surface area contributed by atoms with Gasteiger partial charge >= 0.3 is 5.97 Å². The number of esters is 1. The third kappa shape index (κ3) is 5.01. The van der Waals surface area contributed by atoms with Crippen LogP contribution in [0.25, 0.3) is 0 Å². The third-order valence-corrected chi connectivity index (χ3v) is 3.90. The van der Waals surface area contributed by atoms with Crippen molar-refractivity contribution in [2.24, 2.45) is 0 Å². The minimum atomic E-state index is -1.23. The number of thioether (sulfide) groups is 1. The number of hydrogen-bond acceptors (Lipinski definition) is 7. The zero-order valence-electron chi connectivity index (χ0n) is 12.7. The average Bonchev–Trinajstić information content (AvgIpc) is 2.52. The van der Waals surface area contributed by atoms with Crippen LogP contribution in [0.5, 0.6) is 5.75 Å². The summed E-state index contributed by atoms with van der Waals surface area (Å²) >= 11 is 1.08. The van der Waals surface area contributed by atoms with Crippen molar-refractivity contribution in [1.82, 2.24) is 0 Å². The largest absolute Gasteiger partial charge is 0.496 e. The minimum absolute atomic E-state index is 0.0491. The Kier molecular flexibility index (Phi) is 7.37. The first-order chi connectivity index (χ1) is 10.4. The molecule has 7 heteroatoms. The van der Waals surface area contributed by atoms with Crippen LogP contribution in [0.4, 0.5) is 0 Å². The van der Waals surface area contributed by atoms with Gasteiger partial charge < -0.3 is 19.7 Å². The summed E-state index contributed by atoms with van der Waals surface area (Å²) in [6.07, 6.45) is -2.07. The molecule has 22 heavy (non-hydrogen) atoms. The van der Waals surface area contributed by atoms with Gasteiger partial charge in [-0.25, -0.2) is 4.79 Å². The molecular formula is C15H20O6S. The highest BCUT2D eigenvalue weighted by atomic mass is 32.2. The molecule has 2 N–H and O–H groups in total. The summed E-state index contributed by atoms with van der Waals surface area (Å²) in [4.78, 5) is 22.4. The van der Waals surface area contributed by atoms with Crippen LogP contribution in [-0.4, -0.2) is 47.4 Å². The molecule has 0 saturated carbocycles. The molecule has 1 aromatic carbocycles. The molecule has 0 saturated heterocycles. The molecule has 122 valence electrons. The summed E-state index contributed by atoms with van der Waals surface area (Å²) in [5.41, 5.74) is 0.549. The van der Waals surface area contributed by atoms with E-state index in [2.05, 4.69) is 4.74 Å². The molecule has 0 radical (unpaired) electrons. The number of aliphatic hydroxyl groups is 2. The zero-order valence-corrected chi connectivity index (χ0v) is 13.6. The summed E-state index contributed by atoms with van der Waals surface area (Å²) in [6, 6.07) is 4.47. The molecule has 2 unspecified atom stereocenters. The van der Waals surface area contributed by atoms with Crippen molar-refractivity contribution < 1.29 is 29.3 Å². The van der Waals surface area contributed by atoms with Crippen LogP contribution >= 0.6 is 11.8 Å². The lowest BCUT2D eigenvalue weighted by Gasteiger charge is -2.20. The highest BCUT2D eigenvalue weighted by Gasteiger charge is 2.23. The number of aliphatic hydroxyl groups excluding tert-OH is 2. The van der Waals surface area contributed by atoms with Crippen molar-refractivity contribution in [3.63, 3.8) is 0 Å². The number of benzene rings is 1. The Morgan fingerprint density at radius 2 is 1.95 bits per heavy atom. The maximum absolute atomic E-state index is 11.6. The summed E-state index contributed by atoms with van der Waals surface area (Å²) in [5, 5.41) is 20.3. The fourth-order valence-electron chi connectivity index (χ4n) is 1.90. The second-order valence-electron chi connectivity index (χ2n) is 4.59. The van der Waals surface area contributed by atoms with Gasteiger partial charge in [0.2, 0.25) is 0 Å². The number of methoxy groups -OCH3 is 2. The molecule has 1 rings (SSSR count). The van der Waals surface area contributed by atoms with Crippen LogP contribution in [0.1, 0.15) is 35.4 Å². The van der Waals surface area contributed by atoms with Gasteiger partial charge in [-0.1, -0.05) is 11.8 Å². The molecule has 0 fully saturated rings. The van der Waals surface area contributed by atoms with Gasteiger partial charge in [-0.3, -0.25) is 4.79 Å². The summed E-state index contributed by atoms with van der Waals surface area (Å²) < 4.78 is 9.78. The lowest BCUT2D eigenvalue weighted by molar-refractivity contribution is -0.109. The van der Waals surface area contributed by atoms with Crippen molar-refractivity contribution in [2.75, 3.05) is 20.0 Å². The van der Waals surface area contributed by atoms with Crippen LogP contribution in [0.3, 0.4) is 0 Å². The van der Waals surface area contributed by atoms with Gasteiger partial charge in [0, 0.05) is 18.2 Å². The number of carbonyl (C=O) groups is 2. The molecule has 0 aliphatic carbocycles. The Morgan fingerprint density at radius 1 is 1.27 bits per heavy atom. The van der Waals surface area contributed by atoms with Crippen LogP contribution in [0, 0.1) is 0 Å². The van der Waals surface area contributed by atoms with Gasteiger partial charge in [0.25, 0.3) is 0 Å². The molecule has 6 nitrogen and oxygen atoms in total. The fourth-order valence-corrected chi connectivity index (χ4v) is 2.55. The molecule has 2 atom stereocenters. The fraction of sp³-hybridized carbons (Fsp3) is 0.467. The van der Waals surface area contributed by atoms with E-state index in [4.69, 9.17) is 4.74 Å². The third-order valence-electron chi connectivity index (χ3n) is 3.05. The standard InChI is InChI=1S/C15H20O6S/c1-9(16)22-7-6-12(17)14(18)11-8-10(15(19)21-3)4-5-13(11)20-2/h4-5,8,12,14,17-18H,6-7H2,1-3H3. The van der Waals surface area contributed by atoms with E-state index in [0.29, 0.717) is 17.1 Å². The van der Waals surface area contributed by atoms with Gasteiger partial charge in [-0.05, 0) is 24.6 Å². The van der Waals surface area contributed by atoms with Crippen molar-refractivity contribution in [3.05, 3.63) is 29.3 Å². The highest BCUT2D eigenvalue weighted by molar-refractivity contribution is 8.13. The van der Waals surface area contributed by atoms with Gasteiger partial charge in [0.15, 0.2) is 5.12 Å². The van der Waals surface area contributed by atoms with Crippen LogP contribution in [0.15, 0.2) is 18.2 Å². The summed E-state index contributed by atoms with van der Waals surface area (Å²) in [7, 11) is 2.69. The molecular weight excluding hydrogens is 308 g/mol. The number of carbonyl (C=O) groups excluding carboxylic acids is 2. The first-order valence-electron chi connectivity index (χ1n) is 6.66. The van der Waals surface area contributed by atoms with E-state index in [1.54, 1.807) is 0 Å². The maximum atomic E-state index is 11.6. The van der Waals surface area contributed by atoms with Crippen molar-refractivity contribution >= 4 is 22.8 Å². The van der Waals surface area contributed by atoms with E-state index < -0.39 is 18.2 Å². The Bertz CT molecular complexity index is 531. The topological polar surface area (TPSA) is 93.1 Å². The van der Waals surface area contributed by atoms with Gasteiger partial charge in [-0.2, -0.15) is 0 Å². The molecule has 0 amide bonds. The Labute approximate surface area is 133 Å². The van der Waals surface area contributed by atoms with Crippen LogP contribution in [0.2, 0.25) is 0 Å². The van der Waals surface area contributed by atoms with E-state index >= 15 is 0 Å². The lowest BCUT2D eigenvalue weighted by atomic mass is 9.99. The Morgan fingerprint density at radius 3 is 2.50 bits per heavy atom. The lowest BCUT2D eigenvalue weighted by Crippen LogP contribution is -2.20. The second kappa shape index (κ2) is 8.77. The predicted molar refractivity (Wildman–Crippen MR) is 83.1 cm³/mol. The number of ether oxygens (including phenoxy) is 2. The predicted octanol–water partition coefficient (Wildman–Crippen LogP) is 1.55.